The summed E-state index contributed by atoms with van der Waals surface area (Å²) in [5, 5.41) is 0.0515. The summed E-state index contributed by atoms with van der Waals surface area (Å²) in [7, 11) is 1.07. The fraction of sp³-hybridized carbons (Fsp3) is 0.529. The molecular weight excluding hydrogens is 325 g/mol. The topological polar surface area (TPSA) is 57.7 Å². The molecule has 1 aromatic heterocycles. The minimum atomic E-state index is -0.508. The molecule has 1 fully saturated rings. The van der Waals surface area contributed by atoms with Crippen LogP contribution < -0.4 is 4.74 Å². The van der Waals surface area contributed by atoms with Gasteiger partial charge in [-0.15, -0.1) is 0 Å². The van der Waals surface area contributed by atoms with Gasteiger partial charge in [-0.3, -0.25) is 4.79 Å². The molecular formula is C17H24BNO4S. The zero-order chi connectivity index (χ0) is 18.0. The first kappa shape index (κ1) is 19.0. The number of aromatic nitrogens is 1. The molecule has 0 spiro atoms. The molecule has 130 valence electrons. The van der Waals surface area contributed by atoms with E-state index in [4.69, 9.17) is 14.0 Å². The Balaban J connectivity index is 2.35. The monoisotopic (exact) mass is 349 g/mol. The third kappa shape index (κ3) is 4.20. The Morgan fingerprint density at radius 3 is 2.50 bits per heavy atom. The highest BCUT2D eigenvalue weighted by atomic mass is 32.2. The molecule has 24 heavy (non-hydrogen) atoms. The number of hydrogen-bond donors (Lipinski definition) is 0. The largest absolute Gasteiger partial charge is 0.491 e. The van der Waals surface area contributed by atoms with Crippen LogP contribution in [0.3, 0.4) is 0 Å². The first-order valence-corrected chi connectivity index (χ1v) is 8.83. The van der Waals surface area contributed by atoms with Crippen molar-refractivity contribution in [2.75, 3.05) is 12.9 Å². The number of pyridine rings is 1. The van der Waals surface area contributed by atoms with E-state index in [-0.39, 0.29) is 5.12 Å². The number of rotatable bonds is 5. The van der Waals surface area contributed by atoms with Crippen molar-refractivity contribution in [3.05, 3.63) is 29.4 Å². The molecule has 0 radical (unpaired) electrons. The van der Waals surface area contributed by atoms with Gasteiger partial charge in [0.05, 0.1) is 18.3 Å². The average molecular weight is 349 g/mol. The van der Waals surface area contributed by atoms with Crippen LogP contribution in [0.5, 0.6) is 5.88 Å². The van der Waals surface area contributed by atoms with Crippen LogP contribution in [0, 0.1) is 0 Å². The number of thioether (sulfide) groups is 1. The van der Waals surface area contributed by atoms with Crippen LogP contribution in [0.25, 0.3) is 6.08 Å². The SMILES string of the molecule is COc1ncccc1C=C(CSC(C)=O)B1OC(C)(C)C(C)(C)O1. The Kier molecular flexibility index (Phi) is 5.78. The summed E-state index contributed by atoms with van der Waals surface area (Å²) in [6.07, 6.45) is 3.61. The van der Waals surface area contributed by atoms with E-state index in [1.54, 1.807) is 20.2 Å². The van der Waals surface area contributed by atoms with Crippen molar-refractivity contribution in [3.8, 4) is 5.88 Å². The lowest BCUT2D eigenvalue weighted by Gasteiger charge is -2.32. The Bertz CT molecular complexity index is 629. The molecule has 0 saturated carbocycles. The molecule has 0 atom stereocenters. The molecule has 2 heterocycles. The van der Waals surface area contributed by atoms with Crippen molar-refractivity contribution in [2.24, 2.45) is 0 Å². The molecule has 5 nitrogen and oxygen atoms in total. The summed E-state index contributed by atoms with van der Waals surface area (Å²) in [6, 6.07) is 3.75. The zero-order valence-electron chi connectivity index (χ0n) is 15.1. The van der Waals surface area contributed by atoms with Crippen LogP contribution in [0.15, 0.2) is 23.8 Å². The maximum Gasteiger partial charge on any atom is 0.491 e. The van der Waals surface area contributed by atoms with Crippen LogP contribution in [-0.2, 0) is 14.1 Å². The van der Waals surface area contributed by atoms with Gasteiger partial charge in [-0.1, -0.05) is 17.8 Å². The van der Waals surface area contributed by atoms with Gasteiger partial charge in [0.1, 0.15) is 0 Å². The molecule has 0 amide bonds. The lowest BCUT2D eigenvalue weighted by molar-refractivity contribution is -0.109. The van der Waals surface area contributed by atoms with Crippen molar-refractivity contribution in [1.29, 1.82) is 0 Å². The maximum absolute atomic E-state index is 11.4. The maximum atomic E-state index is 11.4. The summed E-state index contributed by atoms with van der Waals surface area (Å²) < 4.78 is 17.6. The molecule has 1 aliphatic rings. The number of methoxy groups -OCH3 is 1. The molecule has 0 aliphatic carbocycles. The molecule has 0 unspecified atom stereocenters. The van der Waals surface area contributed by atoms with Gasteiger partial charge in [0.25, 0.3) is 0 Å². The molecule has 1 aliphatic heterocycles. The highest BCUT2D eigenvalue weighted by molar-refractivity contribution is 8.13. The summed E-state index contributed by atoms with van der Waals surface area (Å²) in [4.78, 5) is 15.6. The lowest BCUT2D eigenvalue weighted by Crippen LogP contribution is -2.41. The van der Waals surface area contributed by atoms with Gasteiger partial charge >= 0.3 is 7.12 Å². The van der Waals surface area contributed by atoms with E-state index >= 15 is 0 Å². The summed E-state index contributed by atoms with van der Waals surface area (Å²) in [6.45, 7) is 9.58. The minimum Gasteiger partial charge on any atom is -0.481 e. The van der Waals surface area contributed by atoms with Crippen LogP contribution in [0.2, 0.25) is 0 Å². The zero-order valence-corrected chi connectivity index (χ0v) is 15.9. The fourth-order valence-corrected chi connectivity index (χ4v) is 2.83. The van der Waals surface area contributed by atoms with Gasteiger partial charge in [0, 0.05) is 24.4 Å². The fourth-order valence-electron chi connectivity index (χ4n) is 2.24. The summed E-state index contributed by atoms with van der Waals surface area (Å²) in [5.74, 6) is 1.02. The minimum absolute atomic E-state index is 0.0515. The van der Waals surface area contributed by atoms with Gasteiger partial charge in [-0.2, -0.15) is 0 Å². The van der Waals surface area contributed by atoms with Gasteiger partial charge in [-0.05, 0) is 45.3 Å². The van der Waals surface area contributed by atoms with E-state index in [0.717, 1.165) is 11.0 Å². The van der Waals surface area contributed by atoms with E-state index in [9.17, 15) is 4.79 Å². The second-order valence-electron chi connectivity index (χ2n) is 6.69. The third-order valence-corrected chi connectivity index (χ3v) is 5.22. The van der Waals surface area contributed by atoms with Crippen LogP contribution in [0.1, 0.15) is 40.2 Å². The van der Waals surface area contributed by atoms with Crippen molar-refractivity contribution >= 4 is 30.1 Å². The van der Waals surface area contributed by atoms with Gasteiger partial charge < -0.3 is 14.0 Å². The molecule has 1 aromatic rings. The highest BCUT2D eigenvalue weighted by Crippen LogP contribution is 2.39. The van der Waals surface area contributed by atoms with Crippen molar-refractivity contribution in [1.82, 2.24) is 4.98 Å². The van der Waals surface area contributed by atoms with E-state index in [0.29, 0.717) is 11.6 Å². The van der Waals surface area contributed by atoms with Crippen LogP contribution in [-0.4, -0.2) is 41.3 Å². The summed E-state index contributed by atoms with van der Waals surface area (Å²) in [5.41, 5.74) is 0.835. The molecule has 2 rings (SSSR count). The number of nitrogens with zero attached hydrogens (tertiary/aromatic N) is 1. The molecule has 0 bridgehead atoms. The normalized spacial score (nSPS) is 19.4. The Morgan fingerprint density at radius 1 is 1.33 bits per heavy atom. The first-order valence-electron chi connectivity index (χ1n) is 7.85. The van der Waals surface area contributed by atoms with Crippen molar-refractivity contribution < 1.29 is 18.8 Å². The van der Waals surface area contributed by atoms with E-state index in [1.165, 1.54) is 11.8 Å². The Morgan fingerprint density at radius 2 is 1.96 bits per heavy atom. The number of hydrogen-bond acceptors (Lipinski definition) is 6. The Labute approximate surface area is 148 Å². The van der Waals surface area contributed by atoms with E-state index < -0.39 is 18.3 Å². The second-order valence-corrected chi connectivity index (χ2v) is 7.84. The molecule has 0 N–H and O–H groups in total. The van der Waals surface area contributed by atoms with Crippen molar-refractivity contribution in [3.63, 3.8) is 0 Å². The van der Waals surface area contributed by atoms with Crippen molar-refractivity contribution in [2.45, 2.75) is 45.8 Å². The summed E-state index contributed by atoms with van der Waals surface area (Å²) >= 11 is 1.23. The predicted octanol–water partition coefficient (Wildman–Crippen LogP) is 3.38. The number of carbonyl (C=O) groups excluding carboxylic acids is 1. The average Bonchev–Trinajstić information content (AvgIpc) is 2.71. The Hall–Kier alpha value is -1.31. The van der Waals surface area contributed by atoms with Crippen LogP contribution in [0.4, 0.5) is 0 Å². The van der Waals surface area contributed by atoms with Gasteiger partial charge in [0.2, 0.25) is 5.88 Å². The highest BCUT2D eigenvalue weighted by Gasteiger charge is 2.52. The number of carbonyl (C=O) groups is 1. The third-order valence-electron chi connectivity index (χ3n) is 4.33. The molecule has 7 heteroatoms. The standard InChI is InChI=1S/C17H24BNO4S/c1-12(20)24-11-14(10-13-8-7-9-19-15(13)21-6)18-22-16(2,3)17(4,5)23-18/h7-10H,11H2,1-6H3. The predicted molar refractivity (Wildman–Crippen MR) is 98.0 cm³/mol. The quantitative estimate of drug-likeness (QED) is 0.760. The lowest BCUT2D eigenvalue weighted by atomic mass is 9.78. The van der Waals surface area contributed by atoms with Crippen LogP contribution >= 0.6 is 11.8 Å². The van der Waals surface area contributed by atoms with Gasteiger partial charge in [-0.25, -0.2) is 4.98 Å². The van der Waals surface area contributed by atoms with E-state index in [1.807, 2.05) is 45.9 Å². The second kappa shape index (κ2) is 7.29. The smallest absolute Gasteiger partial charge is 0.481 e. The number of ether oxygens (including phenoxy) is 1. The first-order chi connectivity index (χ1) is 11.2. The molecule has 0 aromatic carbocycles. The van der Waals surface area contributed by atoms with E-state index in [2.05, 4.69) is 4.98 Å². The molecule has 1 saturated heterocycles. The van der Waals surface area contributed by atoms with Gasteiger partial charge in [0.15, 0.2) is 5.12 Å².